The first-order valence-corrected chi connectivity index (χ1v) is 9.56. The van der Waals surface area contributed by atoms with Gasteiger partial charge in [-0.15, -0.1) is 0 Å². The van der Waals surface area contributed by atoms with E-state index in [1.54, 1.807) is 18.2 Å². The first kappa shape index (κ1) is 18.2. The van der Waals surface area contributed by atoms with Crippen LogP contribution >= 0.6 is 0 Å². The minimum Gasteiger partial charge on any atom is -0.320 e. The molecule has 0 spiro atoms. The molecule has 0 unspecified atom stereocenters. The molecule has 3 heterocycles. The SMILES string of the molecule is [C-]#[N+]c1ccc(-n2c(C)c(C(=O)CN3CCCCC3)c3[nH]c(=O)ccc32)cc1. The number of fused-ring (bicyclic) bond motifs is 1. The first-order valence-electron chi connectivity index (χ1n) is 9.56. The Bertz CT molecular complexity index is 1130. The molecule has 1 saturated heterocycles. The summed E-state index contributed by atoms with van der Waals surface area (Å²) in [6, 6.07) is 10.5. The van der Waals surface area contributed by atoms with Gasteiger partial charge in [0.25, 0.3) is 0 Å². The highest BCUT2D eigenvalue weighted by Crippen LogP contribution is 2.29. The fourth-order valence-corrected chi connectivity index (χ4v) is 4.07. The fourth-order valence-electron chi connectivity index (χ4n) is 4.07. The van der Waals surface area contributed by atoms with Crippen LogP contribution in [-0.4, -0.2) is 39.9 Å². The number of hydrogen-bond acceptors (Lipinski definition) is 3. The highest BCUT2D eigenvalue weighted by Gasteiger charge is 2.24. The number of carbonyl (C=O) groups is 1. The van der Waals surface area contributed by atoms with Gasteiger partial charge in [-0.25, -0.2) is 4.85 Å². The summed E-state index contributed by atoms with van der Waals surface area (Å²) in [5, 5.41) is 0. The number of nitrogens with one attached hydrogen (secondary N) is 1. The lowest BCUT2D eigenvalue weighted by molar-refractivity contribution is 0.0916. The van der Waals surface area contributed by atoms with Gasteiger partial charge in [-0.1, -0.05) is 18.6 Å². The van der Waals surface area contributed by atoms with E-state index in [4.69, 9.17) is 6.57 Å². The fraction of sp³-hybridized carbons (Fsp3) is 0.318. The van der Waals surface area contributed by atoms with Crippen LogP contribution < -0.4 is 5.56 Å². The number of carbonyl (C=O) groups excluding carboxylic acids is 1. The van der Waals surface area contributed by atoms with Gasteiger partial charge < -0.3 is 9.55 Å². The van der Waals surface area contributed by atoms with Gasteiger partial charge in [-0.2, -0.15) is 0 Å². The summed E-state index contributed by atoms with van der Waals surface area (Å²) in [5.41, 5.74) is 3.95. The Morgan fingerprint density at radius 2 is 1.82 bits per heavy atom. The van der Waals surface area contributed by atoms with E-state index in [9.17, 15) is 9.59 Å². The third-order valence-electron chi connectivity index (χ3n) is 5.42. The summed E-state index contributed by atoms with van der Waals surface area (Å²) >= 11 is 0. The van der Waals surface area contributed by atoms with E-state index in [1.165, 1.54) is 12.5 Å². The van der Waals surface area contributed by atoms with E-state index >= 15 is 0 Å². The Morgan fingerprint density at radius 1 is 1.11 bits per heavy atom. The minimum atomic E-state index is -0.222. The molecular weight excluding hydrogens is 352 g/mol. The highest BCUT2D eigenvalue weighted by molar-refractivity contribution is 6.09. The number of likely N-dealkylation sites (tertiary alicyclic amines) is 1. The Kier molecular flexibility index (Phi) is 4.84. The van der Waals surface area contributed by atoms with E-state index in [1.807, 2.05) is 23.6 Å². The van der Waals surface area contributed by atoms with Crippen LogP contribution in [0.3, 0.4) is 0 Å². The van der Waals surface area contributed by atoms with Gasteiger partial charge >= 0.3 is 0 Å². The monoisotopic (exact) mass is 374 g/mol. The van der Waals surface area contributed by atoms with Crippen molar-refractivity contribution in [2.45, 2.75) is 26.2 Å². The lowest BCUT2D eigenvalue weighted by Gasteiger charge is -2.25. The Labute approximate surface area is 163 Å². The van der Waals surface area contributed by atoms with Crippen molar-refractivity contribution in [1.82, 2.24) is 14.5 Å². The van der Waals surface area contributed by atoms with Crippen LogP contribution in [-0.2, 0) is 0 Å². The number of H-pyrrole nitrogens is 1. The zero-order valence-electron chi connectivity index (χ0n) is 15.9. The Balaban J connectivity index is 1.83. The van der Waals surface area contributed by atoms with Gasteiger partial charge in [0.05, 0.1) is 29.7 Å². The second kappa shape index (κ2) is 7.45. The maximum atomic E-state index is 13.2. The molecule has 4 rings (SSSR count). The molecule has 6 heteroatoms. The summed E-state index contributed by atoms with van der Waals surface area (Å²) in [6.07, 6.45) is 3.47. The lowest BCUT2D eigenvalue weighted by Crippen LogP contribution is -2.34. The summed E-state index contributed by atoms with van der Waals surface area (Å²) in [6.45, 7) is 11.3. The van der Waals surface area contributed by atoms with Gasteiger partial charge in [0.1, 0.15) is 0 Å². The number of pyridine rings is 1. The molecule has 0 radical (unpaired) electrons. The number of Topliss-reactive ketones (excluding diaryl/α,β-unsaturated/α-hetero) is 1. The number of nitrogens with zero attached hydrogens (tertiary/aromatic N) is 3. The zero-order chi connectivity index (χ0) is 19.7. The summed E-state index contributed by atoms with van der Waals surface area (Å²) < 4.78 is 1.97. The van der Waals surface area contributed by atoms with E-state index in [0.29, 0.717) is 23.3 Å². The number of aromatic amines is 1. The van der Waals surface area contributed by atoms with E-state index in [2.05, 4.69) is 14.7 Å². The summed E-state index contributed by atoms with van der Waals surface area (Å²) in [4.78, 5) is 33.7. The van der Waals surface area contributed by atoms with Gasteiger partial charge in [0.2, 0.25) is 5.56 Å². The molecule has 2 aromatic heterocycles. The molecule has 28 heavy (non-hydrogen) atoms. The Morgan fingerprint density at radius 3 is 2.50 bits per heavy atom. The predicted molar refractivity (Wildman–Crippen MR) is 110 cm³/mol. The number of rotatable bonds is 4. The number of ketones is 1. The second-order valence-corrected chi connectivity index (χ2v) is 7.27. The van der Waals surface area contributed by atoms with Crippen LogP contribution in [0, 0.1) is 13.5 Å². The molecule has 142 valence electrons. The van der Waals surface area contributed by atoms with E-state index in [0.717, 1.165) is 42.8 Å². The molecule has 0 aliphatic carbocycles. The molecule has 0 amide bonds. The molecule has 1 fully saturated rings. The van der Waals surface area contributed by atoms with Crippen LogP contribution in [0.5, 0.6) is 0 Å². The lowest BCUT2D eigenvalue weighted by atomic mass is 10.1. The number of hydrogen-bond donors (Lipinski definition) is 1. The molecule has 1 N–H and O–H groups in total. The molecule has 1 aliphatic rings. The topological polar surface area (TPSA) is 62.5 Å². The quantitative estimate of drug-likeness (QED) is 0.557. The predicted octanol–water partition coefficient (Wildman–Crippen LogP) is 3.85. The van der Waals surface area contributed by atoms with Crippen LogP contribution in [0.1, 0.15) is 35.3 Å². The molecule has 1 aromatic carbocycles. The molecule has 0 bridgehead atoms. The van der Waals surface area contributed by atoms with Crippen LogP contribution in [0.2, 0.25) is 0 Å². The average Bonchev–Trinajstić information content (AvgIpc) is 3.00. The second-order valence-electron chi connectivity index (χ2n) is 7.27. The van der Waals surface area contributed by atoms with Crippen molar-refractivity contribution in [3.63, 3.8) is 0 Å². The van der Waals surface area contributed by atoms with Crippen molar-refractivity contribution in [2.24, 2.45) is 0 Å². The molecule has 6 nitrogen and oxygen atoms in total. The van der Waals surface area contributed by atoms with Crippen molar-refractivity contribution < 1.29 is 4.79 Å². The minimum absolute atomic E-state index is 0.0304. The smallest absolute Gasteiger partial charge is 0.248 e. The molecular formula is C22H22N4O2. The van der Waals surface area contributed by atoms with Crippen LogP contribution in [0.4, 0.5) is 5.69 Å². The third kappa shape index (κ3) is 3.25. The number of aromatic nitrogens is 2. The number of benzene rings is 1. The maximum Gasteiger partial charge on any atom is 0.248 e. The van der Waals surface area contributed by atoms with Gasteiger partial charge in [0, 0.05) is 17.4 Å². The first-order chi connectivity index (χ1) is 13.6. The number of piperidine rings is 1. The van der Waals surface area contributed by atoms with Gasteiger partial charge in [-0.05, 0) is 51.1 Å². The third-order valence-corrected chi connectivity index (χ3v) is 5.42. The molecule has 1 aliphatic heterocycles. The van der Waals surface area contributed by atoms with Crippen LogP contribution in [0.25, 0.3) is 21.6 Å². The van der Waals surface area contributed by atoms with Crippen LogP contribution in [0.15, 0.2) is 41.2 Å². The summed E-state index contributed by atoms with van der Waals surface area (Å²) in [5.74, 6) is 0.0304. The van der Waals surface area contributed by atoms with Crippen molar-refractivity contribution in [3.8, 4) is 5.69 Å². The summed E-state index contributed by atoms with van der Waals surface area (Å²) in [7, 11) is 0. The average molecular weight is 374 g/mol. The molecule has 3 aromatic rings. The van der Waals surface area contributed by atoms with Crippen molar-refractivity contribution >= 4 is 22.5 Å². The highest BCUT2D eigenvalue weighted by atomic mass is 16.1. The molecule has 0 saturated carbocycles. The van der Waals surface area contributed by atoms with E-state index < -0.39 is 0 Å². The van der Waals surface area contributed by atoms with Crippen molar-refractivity contribution in [2.75, 3.05) is 19.6 Å². The van der Waals surface area contributed by atoms with Crippen molar-refractivity contribution in [1.29, 1.82) is 0 Å². The van der Waals surface area contributed by atoms with Gasteiger partial charge in [0.15, 0.2) is 11.5 Å². The largest absolute Gasteiger partial charge is 0.320 e. The van der Waals surface area contributed by atoms with Crippen molar-refractivity contribution in [3.05, 3.63) is 69.4 Å². The normalized spacial score (nSPS) is 14.9. The Hall–Kier alpha value is -3.17. The standard InChI is InChI=1S/C22H22N4O2/c1-15-21(19(27)14-25-12-4-3-5-13-25)22-18(10-11-20(28)24-22)26(15)17-8-6-16(23-2)7-9-17/h6-11H,3-5,12-14H2,1H3,(H,24,28). The van der Waals surface area contributed by atoms with Gasteiger partial charge in [-0.3, -0.25) is 14.5 Å². The zero-order valence-corrected chi connectivity index (χ0v) is 15.9. The van der Waals surface area contributed by atoms with E-state index in [-0.39, 0.29) is 11.3 Å². The molecule has 0 atom stereocenters. The maximum absolute atomic E-state index is 13.2.